The SMILES string of the molecule is C[C@H](Oc1ccc2c(c1)OCO2)C(=O)N1CCC(c2ncc[nH]2)CC1. The lowest BCUT2D eigenvalue weighted by Gasteiger charge is -2.32. The first kappa shape index (κ1) is 15.8. The van der Waals surface area contributed by atoms with Gasteiger partial charge in [-0.05, 0) is 31.9 Å². The summed E-state index contributed by atoms with van der Waals surface area (Å²) in [4.78, 5) is 22.0. The highest BCUT2D eigenvalue weighted by atomic mass is 16.7. The number of aromatic nitrogens is 2. The van der Waals surface area contributed by atoms with Crippen molar-refractivity contribution in [3.05, 3.63) is 36.4 Å². The maximum Gasteiger partial charge on any atom is 0.263 e. The molecule has 1 saturated heterocycles. The van der Waals surface area contributed by atoms with E-state index in [1.54, 1.807) is 31.3 Å². The molecule has 4 rings (SSSR count). The van der Waals surface area contributed by atoms with Crippen LogP contribution in [0.4, 0.5) is 0 Å². The summed E-state index contributed by atoms with van der Waals surface area (Å²) in [5.74, 6) is 3.37. The minimum absolute atomic E-state index is 0.00978. The van der Waals surface area contributed by atoms with Gasteiger partial charge in [-0.15, -0.1) is 0 Å². The number of benzene rings is 1. The van der Waals surface area contributed by atoms with Gasteiger partial charge in [0, 0.05) is 37.5 Å². The Balaban J connectivity index is 1.33. The first-order valence-electron chi connectivity index (χ1n) is 8.55. The summed E-state index contributed by atoms with van der Waals surface area (Å²) in [5, 5.41) is 0. The number of hydrogen-bond acceptors (Lipinski definition) is 5. The topological polar surface area (TPSA) is 76.7 Å². The standard InChI is InChI=1S/C18H21N3O4/c1-12(25-14-2-3-15-16(10-14)24-11-23-15)18(22)21-8-4-13(5-9-21)17-19-6-7-20-17/h2-3,6-7,10,12-13H,4-5,8-9,11H2,1H3,(H,19,20)/t12-/m0/s1. The lowest BCUT2D eigenvalue weighted by atomic mass is 9.96. The van der Waals surface area contributed by atoms with E-state index < -0.39 is 6.10 Å². The number of piperidine rings is 1. The maximum absolute atomic E-state index is 12.7. The monoisotopic (exact) mass is 343 g/mol. The second kappa shape index (κ2) is 6.66. The zero-order valence-electron chi connectivity index (χ0n) is 14.1. The number of amides is 1. The van der Waals surface area contributed by atoms with Gasteiger partial charge in [0.05, 0.1) is 0 Å². The molecule has 0 unspecified atom stereocenters. The van der Waals surface area contributed by atoms with Gasteiger partial charge in [-0.1, -0.05) is 0 Å². The fourth-order valence-electron chi connectivity index (χ4n) is 3.34. The van der Waals surface area contributed by atoms with Gasteiger partial charge < -0.3 is 24.1 Å². The summed E-state index contributed by atoms with van der Waals surface area (Å²) in [5.41, 5.74) is 0. The molecular formula is C18H21N3O4. The Morgan fingerprint density at radius 1 is 1.32 bits per heavy atom. The number of likely N-dealkylation sites (tertiary alicyclic amines) is 1. The van der Waals surface area contributed by atoms with Crippen LogP contribution in [-0.4, -0.2) is 46.8 Å². The zero-order valence-corrected chi connectivity index (χ0v) is 14.1. The van der Waals surface area contributed by atoms with Crippen LogP contribution >= 0.6 is 0 Å². The number of carbonyl (C=O) groups excluding carboxylic acids is 1. The lowest BCUT2D eigenvalue weighted by Crippen LogP contribution is -2.44. The molecule has 0 spiro atoms. The molecule has 3 heterocycles. The minimum atomic E-state index is -0.541. The second-order valence-corrected chi connectivity index (χ2v) is 6.35. The molecule has 0 saturated carbocycles. The first-order valence-corrected chi connectivity index (χ1v) is 8.55. The Hall–Kier alpha value is -2.70. The van der Waals surface area contributed by atoms with E-state index in [1.165, 1.54) is 0 Å². The van der Waals surface area contributed by atoms with E-state index in [2.05, 4.69) is 9.97 Å². The van der Waals surface area contributed by atoms with Crippen LogP contribution in [0.5, 0.6) is 17.2 Å². The largest absolute Gasteiger partial charge is 0.481 e. The molecule has 25 heavy (non-hydrogen) atoms. The van der Waals surface area contributed by atoms with Crippen molar-refractivity contribution in [1.82, 2.24) is 14.9 Å². The molecule has 2 aliphatic rings. The summed E-state index contributed by atoms with van der Waals surface area (Å²) in [7, 11) is 0. The third kappa shape index (κ3) is 3.26. The van der Waals surface area contributed by atoms with Crippen LogP contribution in [0, 0.1) is 0 Å². The van der Waals surface area contributed by atoms with Crippen molar-refractivity contribution in [2.24, 2.45) is 0 Å². The molecule has 1 aromatic carbocycles. The van der Waals surface area contributed by atoms with E-state index in [1.807, 2.05) is 11.1 Å². The summed E-state index contributed by atoms with van der Waals surface area (Å²) >= 11 is 0. The van der Waals surface area contributed by atoms with Crippen LogP contribution in [0.25, 0.3) is 0 Å². The Morgan fingerprint density at radius 3 is 2.88 bits per heavy atom. The van der Waals surface area contributed by atoms with Gasteiger partial charge in [0.25, 0.3) is 5.91 Å². The van der Waals surface area contributed by atoms with Gasteiger partial charge in [0.1, 0.15) is 11.6 Å². The summed E-state index contributed by atoms with van der Waals surface area (Å²) < 4.78 is 16.4. The predicted octanol–water partition coefficient (Wildman–Crippen LogP) is 2.31. The van der Waals surface area contributed by atoms with E-state index >= 15 is 0 Å². The molecule has 1 amide bonds. The third-order valence-corrected chi connectivity index (χ3v) is 4.72. The van der Waals surface area contributed by atoms with Crippen molar-refractivity contribution in [2.75, 3.05) is 19.9 Å². The fraction of sp³-hybridized carbons (Fsp3) is 0.444. The molecule has 132 valence electrons. The summed E-state index contributed by atoms with van der Waals surface area (Å²) in [6.07, 6.45) is 4.90. The zero-order chi connectivity index (χ0) is 17.2. The molecular weight excluding hydrogens is 322 g/mol. The third-order valence-electron chi connectivity index (χ3n) is 4.72. The van der Waals surface area contributed by atoms with Crippen molar-refractivity contribution in [3.8, 4) is 17.2 Å². The molecule has 1 atom stereocenters. The number of nitrogens with zero attached hydrogens (tertiary/aromatic N) is 2. The van der Waals surface area contributed by atoms with E-state index in [0.29, 0.717) is 23.2 Å². The normalized spacial score (nSPS) is 18.2. The molecule has 2 aliphatic heterocycles. The average molecular weight is 343 g/mol. The van der Waals surface area contributed by atoms with Gasteiger partial charge in [0.2, 0.25) is 6.79 Å². The van der Waals surface area contributed by atoms with Gasteiger partial charge in [-0.25, -0.2) is 4.98 Å². The maximum atomic E-state index is 12.7. The number of carbonyl (C=O) groups is 1. The minimum Gasteiger partial charge on any atom is -0.481 e. The molecule has 1 fully saturated rings. The number of nitrogens with one attached hydrogen (secondary N) is 1. The Morgan fingerprint density at radius 2 is 2.12 bits per heavy atom. The van der Waals surface area contributed by atoms with Crippen LogP contribution in [0.15, 0.2) is 30.6 Å². The Bertz CT molecular complexity index is 739. The molecule has 0 aliphatic carbocycles. The fourth-order valence-corrected chi connectivity index (χ4v) is 3.34. The van der Waals surface area contributed by atoms with Crippen LogP contribution in [0.2, 0.25) is 0 Å². The Kier molecular flexibility index (Phi) is 4.21. The van der Waals surface area contributed by atoms with Gasteiger partial charge in [-0.3, -0.25) is 4.79 Å². The van der Waals surface area contributed by atoms with Crippen molar-refractivity contribution in [3.63, 3.8) is 0 Å². The Labute approximate surface area is 145 Å². The molecule has 7 heteroatoms. The number of H-pyrrole nitrogens is 1. The average Bonchev–Trinajstić information content (AvgIpc) is 3.32. The number of imidazole rings is 1. The molecule has 0 bridgehead atoms. The number of aromatic amines is 1. The summed E-state index contributed by atoms with van der Waals surface area (Å²) in [6.45, 7) is 3.45. The highest BCUT2D eigenvalue weighted by molar-refractivity contribution is 5.81. The quantitative estimate of drug-likeness (QED) is 0.922. The molecule has 2 aromatic rings. The van der Waals surface area contributed by atoms with E-state index in [-0.39, 0.29) is 12.7 Å². The van der Waals surface area contributed by atoms with Crippen LogP contribution in [0.3, 0.4) is 0 Å². The lowest BCUT2D eigenvalue weighted by molar-refractivity contribution is -0.139. The highest BCUT2D eigenvalue weighted by Crippen LogP contribution is 2.35. The number of rotatable bonds is 4. The highest BCUT2D eigenvalue weighted by Gasteiger charge is 2.28. The van der Waals surface area contributed by atoms with Crippen molar-refractivity contribution < 1.29 is 19.0 Å². The number of ether oxygens (including phenoxy) is 3. The molecule has 7 nitrogen and oxygen atoms in total. The van der Waals surface area contributed by atoms with Crippen molar-refractivity contribution in [2.45, 2.75) is 31.8 Å². The van der Waals surface area contributed by atoms with Gasteiger partial charge in [0.15, 0.2) is 17.6 Å². The van der Waals surface area contributed by atoms with Crippen LogP contribution in [0.1, 0.15) is 31.5 Å². The number of fused-ring (bicyclic) bond motifs is 1. The molecule has 1 N–H and O–H groups in total. The molecule has 0 radical (unpaired) electrons. The van der Waals surface area contributed by atoms with Crippen molar-refractivity contribution >= 4 is 5.91 Å². The second-order valence-electron chi connectivity index (χ2n) is 6.35. The first-order chi connectivity index (χ1) is 12.2. The molecule has 1 aromatic heterocycles. The van der Waals surface area contributed by atoms with Crippen LogP contribution < -0.4 is 14.2 Å². The van der Waals surface area contributed by atoms with Gasteiger partial charge in [-0.2, -0.15) is 0 Å². The van der Waals surface area contributed by atoms with Crippen LogP contribution in [-0.2, 0) is 4.79 Å². The van der Waals surface area contributed by atoms with Gasteiger partial charge >= 0.3 is 0 Å². The summed E-state index contributed by atoms with van der Waals surface area (Å²) in [6, 6.07) is 5.35. The number of hydrogen-bond donors (Lipinski definition) is 1. The van der Waals surface area contributed by atoms with E-state index in [9.17, 15) is 4.79 Å². The van der Waals surface area contributed by atoms with E-state index in [4.69, 9.17) is 14.2 Å². The van der Waals surface area contributed by atoms with Crippen molar-refractivity contribution in [1.29, 1.82) is 0 Å². The smallest absolute Gasteiger partial charge is 0.263 e. The van der Waals surface area contributed by atoms with E-state index in [0.717, 1.165) is 31.8 Å². The predicted molar refractivity (Wildman–Crippen MR) is 89.8 cm³/mol.